The van der Waals surface area contributed by atoms with E-state index in [2.05, 4.69) is 71.9 Å². The average molecular weight is 883 g/mol. The first-order chi connectivity index (χ1) is 32.1. The Balaban J connectivity index is 1.39. The lowest BCUT2D eigenvalue weighted by atomic mass is 9.72. The summed E-state index contributed by atoms with van der Waals surface area (Å²) in [6, 6.07) is 28.7. The monoisotopic (exact) mass is 882 g/mol. The predicted octanol–water partition coefficient (Wildman–Crippen LogP) is 7.73. The minimum Gasteiger partial charge on any atom is -0.494 e. The van der Waals surface area contributed by atoms with Crippen LogP contribution in [0.4, 0.5) is 0 Å². The minimum atomic E-state index is -0.455. The van der Waals surface area contributed by atoms with Gasteiger partial charge in [0.25, 0.3) is 0 Å². The van der Waals surface area contributed by atoms with Gasteiger partial charge in [-0.1, -0.05) is 47.7 Å². The number of hydrogen-bond acceptors (Lipinski definition) is 10. The van der Waals surface area contributed by atoms with Crippen molar-refractivity contribution in [2.24, 2.45) is 0 Å². The summed E-state index contributed by atoms with van der Waals surface area (Å²) in [6.07, 6.45) is 13.4. The highest BCUT2D eigenvalue weighted by molar-refractivity contribution is 5.82. The van der Waals surface area contributed by atoms with Gasteiger partial charge in [0.05, 0.1) is 79.3 Å². The standard InChI is InChI=1S/C55H62O10/c1-5-27-58-29-7-31-64-49-19-13-45(14-20-49)9-11-47-17-23-51-52-24-18-48(12-10-46-15-21-50(22-16-46)65-32-8-30-59-28-6-2)44-54(52)55(53(51)43-47,25-33-60-39-41-62-37-35-56-3)26-34-61-40-42-63-38-36-57-4/h1-2,13-24,43-44H,7-8,25-42H2,3-4H3. The molecule has 65 heavy (non-hydrogen) atoms. The van der Waals surface area contributed by atoms with Crippen LogP contribution in [0.1, 0.15) is 59.1 Å². The summed E-state index contributed by atoms with van der Waals surface area (Å²) in [5, 5.41) is 0. The normalized spacial score (nSPS) is 11.9. The van der Waals surface area contributed by atoms with Gasteiger partial charge < -0.3 is 47.4 Å². The van der Waals surface area contributed by atoms with Crippen LogP contribution in [0.15, 0.2) is 84.9 Å². The van der Waals surface area contributed by atoms with Crippen LogP contribution in [0.5, 0.6) is 11.5 Å². The Labute approximate surface area is 386 Å². The highest BCUT2D eigenvalue weighted by Gasteiger charge is 2.43. The van der Waals surface area contributed by atoms with Gasteiger partial charge in [-0.3, -0.25) is 0 Å². The molecule has 1 aliphatic carbocycles. The first-order valence-corrected chi connectivity index (χ1v) is 22.2. The maximum atomic E-state index is 6.26. The van der Waals surface area contributed by atoms with Crippen LogP contribution in [-0.4, -0.2) is 120 Å². The Morgan fingerprint density at radius 3 is 1.17 bits per heavy atom. The number of fused-ring (bicyclic) bond motifs is 3. The first kappa shape index (κ1) is 50.4. The highest BCUT2D eigenvalue weighted by Crippen LogP contribution is 2.53. The zero-order valence-corrected chi connectivity index (χ0v) is 38.0. The molecule has 10 nitrogen and oxygen atoms in total. The van der Waals surface area contributed by atoms with Gasteiger partial charge in [0, 0.05) is 67.9 Å². The van der Waals surface area contributed by atoms with Crippen molar-refractivity contribution < 1.29 is 47.4 Å². The fourth-order valence-electron chi connectivity index (χ4n) is 7.26. The van der Waals surface area contributed by atoms with E-state index < -0.39 is 5.41 Å². The summed E-state index contributed by atoms with van der Waals surface area (Å²) < 4.78 is 56.6. The summed E-state index contributed by atoms with van der Waals surface area (Å²) in [4.78, 5) is 0. The van der Waals surface area contributed by atoms with Crippen LogP contribution in [-0.2, 0) is 43.3 Å². The number of terminal acetylenes is 2. The van der Waals surface area contributed by atoms with Crippen LogP contribution in [0.3, 0.4) is 0 Å². The molecule has 0 aromatic heterocycles. The van der Waals surface area contributed by atoms with Gasteiger partial charge in [0.15, 0.2) is 0 Å². The maximum Gasteiger partial charge on any atom is 0.119 e. The van der Waals surface area contributed by atoms with E-state index in [9.17, 15) is 0 Å². The number of hydrogen-bond donors (Lipinski definition) is 0. The predicted molar refractivity (Wildman–Crippen MR) is 253 cm³/mol. The quantitative estimate of drug-likeness (QED) is 0.0383. The van der Waals surface area contributed by atoms with E-state index in [0.29, 0.717) is 119 Å². The molecule has 0 saturated carbocycles. The molecule has 0 bridgehead atoms. The summed E-state index contributed by atoms with van der Waals surface area (Å²) in [5.74, 6) is 20.1. The molecule has 0 unspecified atom stereocenters. The molecule has 342 valence electrons. The van der Waals surface area contributed by atoms with Crippen molar-refractivity contribution in [2.75, 3.05) is 120 Å². The van der Waals surface area contributed by atoms with Crippen molar-refractivity contribution in [2.45, 2.75) is 31.1 Å². The molecule has 0 heterocycles. The molecule has 10 heteroatoms. The van der Waals surface area contributed by atoms with Crippen molar-refractivity contribution >= 4 is 0 Å². The van der Waals surface area contributed by atoms with Crippen molar-refractivity contribution in [1.82, 2.24) is 0 Å². The lowest BCUT2D eigenvalue weighted by Gasteiger charge is -2.32. The molecule has 0 radical (unpaired) electrons. The van der Waals surface area contributed by atoms with E-state index in [-0.39, 0.29) is 0 Å². The van der Waals surface area contributed by atoms with Crippen LogP contribution in [0.2, 0.25) is 0 Å². The zero-order valence-electron chi connectivity index (χ0n) is 38.0. The second kappa shape index (κ2) is 29.8. The van der Waals surface area contributed by atoms with Crippen LogP contribution in [0, 0.1) is 48.4 Å². The number of methoxy groups -OCH3 is 2. The molecule has 0 fully saturated rings. The topological polar surface area (TPSA) is 92.3 Å². The van der Waals surface area contributed by atoms with Gasteiger partial charge in [0.2, 0.25) is 0 Å². The fourth-order valence-corrected chi connectivity index (χ4v) is 7.26. The third kappa shape index (κ3) is 17.0. The highest BCUT2D eigenvalue weighted by atomic mass is 16.5. The third-order valence-electron chi connectivity index (χ3n) is 10.5. The molecule has 0 N–H and O–H groups in total. The number of rotatable bonds is 30. The van der Waals surface area contributed by atoms with E-state index in [4.69, 9.17) is 60.2 Å². The largest absolute Gasteiger partial charge is 0.494 e. The van der Waals surface area contributed by atoms with Crippen LogP contribution in [0.25, 0.3) is 11.1 Å². The summed E-state index contributed by atoms with van der Waals surface area (Å²) in [5.41, 5.74) is 7.87. The maximum absolute atomic E-state index is 6.26. The molecule has 0 amide bonds. The molecular weight excluding hydrogens is 821 g/mol. The Morgan fingerprint density at radius 2 is 0.769 bits per heavy atom. The second-order valence-corrected chi connectivity index (χ2v) is 15.0. The van der Waals surface area contributed by atoms with Gasteiger partial charge >= 0.3 is 0 Å². The van der Waals surface area contributed by atoms with E-state index in [1.54, 1.807) is 14.2 Å². The van der Waals surface area contributed by atoms with Crippen molar-refractivity contribution in [3.8, 4) is 71.0 Å². The zero-order chi connectivity index (χ0) is 45.6. The molecular formula is C55H62O10. The fraction of sp³-hybridized carbons (Fsp3) is 0.418. The van der Waals surface area contributed by atoms with Crippen LogP contribution < -0.4 is 9.47 Å². The molecule has 0 saturated heterocycles. The molecule has 4 aromatic carbocycles. The van der Waals surface area contributed by atoms with Crippen molar-refractivity contribution in [3.63, 3.8) is 0 Å². The first-order valence-electron chi connectivity index (χ1n) is 22.2. The molecule has 4 aromatic rings. The molecule has 0 aliphatic heterocycles. The number of ether oxygens (including phenoxy) is 10. The third-order valence-corrected chi connectivity index (χ3v) is 10.5. The Hall–Kier alpha value is -5.60. The van der Waals surface area contributed by atoms with Crippen molar-refractivity contribution in [3.05, 3.63) is 118 Å². The SMILES string of the molecule is C#CCOCCCOc1ccc(C#Cc2ccc3c(c2)C(CCOCCOCCOC)(CCOCCOCCOC)c2cc(C#Cc4ccc(OCCCOCC#C)cc4)ccc2-3)cc1. The summed E-state index contributed by atoms with van der Waals surface area (Å²) in [6.45, 7) is 7.89. The van der Waals surface area contributed by atoms with Gasteiger partial charge in [-0.05, 0) is 108 Å². The lowest BCUT2D eigenvalue weighted by Crippen LogP contribution is -2.30. The molecule has 0 spiro atoms. The van der Waals surface area contributed by atoms with Crippen LogP contribution >= 0.6 is 0 Å². The molecule has 0 atom stereocenters. The average Bonchev–Trinajstić information content (AvgIpc) is 3.60. The van der Waals surface area contributed by atoms with Gasteiger partial charge in [-0.25, -0.2) is 0 Å². The Bertz CT molecular complexity index is 2050. The van der Waals surface area contributed by atoms with Gasteiger partial charge in [0.1, 0.15) is 24.7 Å². The summed E-state index contributed by atoms with van der Waals surface area (Å²) in [7, 11) is 3.33. The smallest absolute Gasteiger partial charge is 0.119 e. The number of benzene rings is 4. The van der Waals surface area contributed by atoms with E-state index in [1.165, 1.54) is 22.3 Å². The van der Waals surface area contributed by atoms with Gasteiger partial charge in [-0.2, -0.15) is 0 Å². The van der Waals surface area contributed by atoms with E-state index in [1.807, 2.05) is 48.5 Å². The van der Waals surface area contributed by atoms with E-state index in [0.717, 1.165) is 46.6 Å². The Kier molecular flexibility index (Phi) is 23.1. The van der Waals surface area contributed by atoms with E-state index >= 15 is 0 Å². The summed E-state index contributed by atoms with van der Waals surface area (Å²) >= 11 is 0. The Morgan fingerprint density at radius 1 is 0.400 bits per heavy atom. The second-order valence-electron chi connectivity index (χ2n) is 15.0. The molecule has 5 rings (SSSR count). The lowest BCUT2D eigenvalue weighted by molar-refractivity contribution is 0.0145. The minimum absolute atomic E-state index is 0.309. The van der Waals surface area contributed by atoms with Gasteiger partial charge in [-0.15, -0.1) is 12.8 Å². The van der Waals surface area contributed by atoms with Crippen molar-refractivity contribution in [1.29, 1.82) is 0 Å². The molecule has 1 aliphatic rings.